The highest BCUT2D eigenvalue weighted by Gasteiger charge is 2.17. The van der Waals surface area contributed by atoms with Crippen molar-refractivity contribution in [3.05, 3.63) is 111 Å². The molecule has 1 aliphatic heterocycles. The smallest absolute Gasteiger partial charge is 0.265 e. The standard InChI is InChI=1S/C29H24ClN3O4S/c30-24-18-21(7-12-25(24)33-13-15-37-16-14-33)28(35)31-22-8-3-19(4-9-22)27(34)20-5-10-23(11-6-20)32-29(36)26-2-1-17-38-26/h1-12,17-18H,13-16H2,(H,31,35)(H,32,36). The highest BCUT2D eigenvalue weighted by atomic mass is 35.5. The lowest BCUT2D eigenvalue weighted by Gasteiger charge is -2.29. The second kappa shape index (κ2) is 11.6. The largest absolute Gasteiger partial charge is 0.378 e. The van der Waals surface area contributed by atoms with Crippen LogP contribution >= 0.6 is 22.9 Å². The molecule has 7 nitrogen and oxygen atoms in total. The van der Waals surface area contributed by atoms with Crippen molar-refractivity contribution in [1.29, 1.82) is 0 Å². The van der Waals surface area contributed by atoms with Crippen molar-refractivity contribution in [3.63, 3.8) is 0 Å². The van der Waals surface area contributed by atoms with Gasteiger partial charge in [-0.1, -0.05) is 17.7 Å². The minimum atomic E-state index is -0.292. The van der Waals surface area contributed by atoms with Gasteiger partial charge >= 0.3 is 0 Å². The Morgan fingerprint density at radius 1 is 0.763 bits per heavy atom. The number of ketones is 1. The number of ether oxygens (including phenoxy) is 1. The summed E-state index contributed by atoms with van der Waals surface area (Å²) in [7, 11) is 0. The van der Waals surface area contributed by atoms with Crippen molar-refractivity contribution in [1.82, 2.24) is 0 Å². The zero-order valence-electron chi connectivity index (χ0n) is 20.3. The number of halogens is 1. The maximum atomic E-state index is 12.9. The average molecular weight is 546 g/mol. The van der Waals surface area contributed by atoms with Gasteiger partial charge in [0.05, 0.1) is 28.8 Å². The molecule has 9 heteroatoms. The van der Waals surface area contributed by atoms with Crippen LogP contribution in [0, 0.1) is 0 Å². The molecule has 1 aromatic heterocycles. The van der Waals surface area contributed by atoms with E-state index in [1.54, 1.807) is 66.7 Å². The first-order chi connectivity index (χ1) is 18.5. The molecule has 2 heterocycles. The summed E-state index contributed by atoms with van der Waals surface area (Å²) in [5.41, 5.74) is 3.47. The lowest BCUT2D eigenvalue weighted by molar-refractivity contribution is 0.102. The lowest BCUT2D eigenvalue weighted by Crippen LogP contribution is -2.36. The van der Waals surface area contributed by atoms with E-state index >= 15 is 0 Å². The van der Waals surface area contributed by atoms with Gasteiger partial charge in [0, 0.05) is 41.2 Å². The Labute approximate surface area is 229 Å². The van der Waals surface area contributed by atoms with Crippen LogP contribution in [-0.2, 0) is 4.74 Å². The fourth-order valence-electron chi connectivity index (χ4n) is 4.09. The summed E-state index contributed by atoms with van der Waals surface area (Å²) >= 11 is 7.82. The molecule has 1 saturated heterocycles. The highest BCUT2D eigenvalue weighted by molar-refractivity contribution is 7.12. The molecular formula is C29H24ClN3O4S. The number of morpholine rings is 1. The van der Waals surface area contributed by atoms with Gasteiger partial charge < -0.3 is 20.3 Å². The van der Waals surface area contributed by atoms with E-state index in [4.69, 9.17) is 16.3 Å². The van der Waals surface area contributed by atoms with Crippen molar-refractivity contribution in [2.24, 2.45) is 0 Å². The Kier molecular flexibility index (Phi) is 7.83. The third-order valence-electron chi connectivity index (χ3n) is 6.12. The van der Waals surface area contributed by atoms with E-state index in [9.17, 15) is 14.4 Å². The number of anilines is 3. The maximum absolute atomic E-state index is 12.9. The van der Waals surface area contributed by atoms with Gasteiger partial charge in [-0.2, -0.15) is 0 Å². The summed E-state index contributed by atoms with van der Waals surface area (Å²) in [6.45, 7) is 2.81. The van der Waals surface area contributed by atoms with Crippen LogP contribution < -0.4 is 15.5 Å². The number of nitrogens with one attached hydrogen (secondary N) is 2. The Morgan fingerprint density at radius 2 is 1.34 bits per heavy atom. The third kappa shape index (κ3) is 5.94. The average Bonchev–Trinajstić information content (AvgIpc) is 3.49. The van der Waals surface area contributed by atoms with Gasteiger partial charge in [0.1, 0.15) is 0 Å². The molecule has 38 heavy (non-hydrogen) atoms. The van der Waals surface area contributed by atoms with Gasteiger partial charge in [0.15, 0.2) is 5.78 Å². The summed E-state index contributed by atoms with van der Waals surface area (Å²) in [6, 6.07) is 22.3. The molecule has 0 aliphatic carbocycles. The van der Waals surface area contributed by atoms with Crippen molar-refractivity contribution in [3.8, 4) is 0 Å². The number of amides is 2. The van der Waals surface area contributed by atoms with Gasteiger partial charge in [0.2, 0.25) is 0 Å². The number of hydrogen-bond acceptors (Lipinski definition) is 6. The summed E-state index contributed by atoms with van der Waals surface area (Å²) < 4.78 is 5.38. The molecule has 5 rings (SSSR count). The molecule has 2 amide bonds. The molecule has 0 atom stereocenters. The summed E-state index contributed by atoms with van der Waals surface area (Å²) in [6.07, 6.45) is 0. The maximum Gasteiger partial charge on any atom is 0.265 e. The molecule has 2 N–H and O–H groups in total. The molecule has 1 fully saturated rings. The summed E-state index contributed by atoms with van der Waals surface area (Å²) in [5.74, 6) is -0.642. The molecular weight excluding hydrogens is 522 g/mol. The van der Waals surface area contributed by atoms with Crippen LogP contribution in [0.5, 0.6) is 0 Å². The van der Waals surface area contributed by atoms with Gasteiger partial charge in [-0.15, -0.1) is 11.3 Å². The van der Waals surface area contributed by atoms with Crippen LogP contribution in [0.1, 0.15) is 36.0 Å². The predicted molar refractivity (Wildman–Crippen MR) is 151 cm³/mol. The Hall–Kier alpha value is -3.98. The van der Waals surface area contributed by atoms with Gasteiger partial charge in [0.25, 0.3) is 11.8 Å². The second-order valence-corrected chi connectivity index (χ2v) is 9.99. The van der Waals surface area contributed by atoms with Crippen LogP contribution in [0.2, 0.25) is 5.02 Å². The summed E-state index contributed by atoms with van der Waals surface area (Å²) in [5, 5.41) is 8.01. The zero-order valence-corrected chi connectivity index (χ0v) is 21.9. The quantitative estimate of drug-likeness (QED) is 0.279. The Balaban J connectivity index is 1.20. The van der Waals surface area contributed by atoms with Crippen molar-refractivity contribution < 1.29 is 19.1 Å². The molecule has 3 aromatic carbocycles. The molecule has 0 bridgehead atoms. The van der Waals surface area contributed by atoms with Crippen LogP contribution in [0.25, 0.3) is 0 Å². The molecule has 0 radical (unpaired) electrons. The molecule has 1 aliphatic rings. The first kappa shape index (κ1) is 25.7. The predicted octanol–water partition coefficient (Wildman–Crippen LogP) is 5.97. The second-order valence-electron chi connectivity index (χ2n) is 8.63. The summed E-state index contributed by atoms with van der Waals surface area (Å²) in [4.78, 5) is 40.7. The van der Waals surface area contributed by atoms with E-state index in [1.165, 1.54) is 11.3 Å². The Bertz CT molecular complexity index is 1450. The molecule has 4 aromatic rings. The van der Waals surface area contributed by atoms with Crippen LogP contribution in [0.4, 0.5) is 17.1 Å². The zero-order chi connectivity index (χ0) is 26.5. The number of rotatable bonds is 7. The first-order valence-electron chi connectivity index (χ1n) is 12.0. The Morgan fingerprint density at radius 3 is 1.89 bits per heavy atom. The van der Waals surface area contributed by atoms with Crippen molar-refractivity contribution in [2.75, 3.05) is 41.8 Å². The van der Waals surface area contributed by atoms with Crippen LogP contribution in [-0.4, -0.2) is 43.9 Å². The van der Waals surface area contributed by atoms with E-state index in [1.807, 2.05) is 17.5 Å². The SMILES string of the molecule is O=C(Nc1ccc(C(=O)c2ccc(NC(=O)c3cccs3)cc2)cc1)c1ccc(N2CCOCC2)c(Cl)c1. The third-order valence-corrected chi connectivity index (χ3v) is 7.29. The monoisotopic (exact) mass is 545 g/mol. The fourth-order valence-corrected chi connectivity index (χ4v) is 5.01. The number of benzene rings is 3. The molecule has 0 spiro atoms. The lowest BCUT2D eigenvalue weighted by atomic mass is 10.0. The molecule has 0 unspecified atom stereocenters. The van der Waals surface area contributed by atoms with E-state index in [0.29, 0.717) is 51.2 Å². The van der Waals surface area contributed by atoms with Gasteiger partial charge in [-0.3, -0.25) is 14.4 Å². The number of carbonyl (C=O) groups is 3. The normalized spacial score (nSPS) is 13.1. The van der Waals surface area contributed by atoms with E-state index in [0.717, 1.165) is 18.8 Å². The van der Waals surface area contributed by atoms with Gasteiger partial charge in [-0.05, 0) is 78.2 Å². The fraction of sp³-hybridized carbons (Fsp3) is 0.138. The number of nitrogens with zero attached hydrogens (tertiary/aromatic N) is 1. The van der Waals surface area contributed by atoms with Crippen LogP contribution in [0.15, 0.2) is 84.2 Å². The molecule has 0 saturated carbocycles. The van der Waals surface area contributed by atoms with Gasteiger partial charge in [-0.25, -0.2) is 0 Å². The van der Waals surface area contributed by atoms with E-state index < -0.39 is 0 Å². The number of hydrogen-bond donors (Lipinski definition) is 2. The first-order valence-corrected chi connectivity index (χ1v) is 13.3. The number of thiophene rings is 1. The van der Waals surface area contributed by atoms with Crippen molar-refractivity contribution in [2.45, 2.75) is 0 Å². The van der Waals surface area contributed by atoms with Crippen molar-refractivity contribution >= 4 is 57.6 Å². The van der Waals surface area contributed by atoms with Crippen LogP contribution in [0.3, 0.4) is 0 Å². The number of carbonyl (C=O) groups excluding carboxylic acids is 3. The van der Waals surface area contributed by atoms with E-state index in [-0.39, 0.29) is 17.6 Å². The van der Waals surface area contributed by atoms with E-state index in [2.05, 4.69) is 15.5 Å². The molecule has 192 valence electrons. The minimum Gasteiger partial charge on any atom is -0.378 e. The highest BCUT2D eigenvalue weighted by Crippen LogP contribution is 2.28. The minimum absolute atomic E-state index is 0.163. The topological polar surface area (TPSA) is 87.7 Å².